The molecule has 208 valence electrons. The van der Waals surface area contributed by atoms with Gasteiger partial charge < -0.3 is 19.3 Å². The van der Waals surface area contributed by atoms with Crippen LogP contribution in [-0.4, -0.2) is 69.3 Å². The van der Waals surface area contributed by atoms with Crippen molar-refractivity contribution in [2.45, 2.75) is 30.8 Å². The summed E-state index contributed by atoms with van der Waals surface area (Å²) < 4.78 is 11.7. The Morgan fingerprint density at radius 2 is 1.62 bits per heavy atom. The van der Waals surface area contributed by atoms with Gasteiger partial charge in [0.2, 0.25) is 0 Å². The van der Waals surface area contributed by atoms with Crippen molar-refractivity contribution in [3.63, 3.8) is 0 Å². The van der Waals surface area contributed by atoms with E-state index in [4.69, 9.17) is 32.7 Å². The Hall–Kier alpha value is -2.41. The third-order valence-corrected chi connectivity index (χ3v) is 8.44. The number of hydrogen-bond donors (Lipinski definition) is 0. The normalized spacial score (nSPS) is 16.1. The Kier molecular flexibility index (Phi) is 10.8. The number of likely N-dealkylation sites (N-methyl/N-ethyl adjacent to an activating group) is 1. The molecule has 5 nitrogen and oxygen atoms in total. The lowest BCUT2D eigenvalue weighted by atomic mass is 9.83. The first-order valence-corrected chi connectivity index (χ1v) is 14.3. The largest absolute Gasteiger partial charge is 0.382 e. The third kappa shape index (κ3) is 7.84. The number of nitrogens with zero attached hydrogens (tertiary/aromatic N) is 2. The Balaban J connectivity index is 1.43. The molecule has 39 heavy (non-hydrogen) atoms. The Morgan fingerprint density at radius 1 is 0.949 bits per heavy atom. The van der Waals surface area contributed by atoms with Gasteiger partial charge in [-0.2, -0.15) is 0 Å². The molecular weight excluding hydrogens is 531 g/mol. The van der Waals surface area contributed by atoms with Gasteiger partial charge in [-0.3, -0.25) is 4.79 Å². The van der Waals surface area contributed by atoms with Crippen molar-refractivity contribution in [2.75, 3.05) is 53.6 Å². The highest BCUT2D eigenvalue weighted by Gasteiger charge is 2.37. The molecule has 1 aliphatic rings. The van der Waals surface area contributed by atoms with Crippen molar-refractivity contribution in [3.8, 4) is 0 Å². The van der Waals surface area contributed by atoms with Crippen molar-refractivity contribution in [3.05, 3.63) is 106 Å². The van der Waals surface area contributed by atoms with Gasteiger partial charge in [-0.05, 0) is 61.2 Å². The molecule has 0 bridgehead atoms. The molecule has 0 aliphatic carbocycles. The minimum Gasteiger partial charge on any atom is -0.382 e. The predicted molar refractivity (Wildman–Crippen MR) is 159 cm³/mol. The van der Waals surface area contributed by atoms with E-state index in [9.17, 15) is 4.79 Å². The number of carbonyl (C=O) groups excluding carboxylic acids is 1. The first kappa shape index (κ1) is 29.6. The number of piperidine rings is 1. The van der Waals surface area contributed by atoms with E-state index in [0.717, 1.165) is 44.5 Å². The van der Waals surface area contributed by atoms with Gasteiger partial charge in [-0.25, -0.2) is 0 Å². The summed E-state index contributed by atoms with van der Waals surface area (Å²) in [5, 5.41) is 1.07. The molecule has 3 aromatic carbocycles. The van der Waals surface area contributed by atoms with Crippen molar-refractivity contribution in [1.29, 1.82) is 0 Å². The third-order valence-electron chi connectivity index (χ3n) is 7.70. The lowest BCUT2D eigenvalue weighted by Gasteiger charge is -2.42. The Morgan fingerprint density at radius 3 is 2.26 bits per heavy atom. The number of amides is 1. The fraction of sp³-hybridized carbons (Fsp3) is 0.406. The minimum atomic E-state index is -0.290. The van der Waals surface area contributed by atoms with Crippen LogP contribution in [0.25, 0.3) is 0 Å². The lowest BCUT2D eigenvalue weighted by molar-refractivity contribution is -0.102. The standard InChI is InChI=1S/C32H38Cl2N2O3/c1-35(31(37)25-9-5-3-6-10-25)24-27(26-13-14-29(33)30(34)23-26)15-18-36-19-16-32(17-20-36,39-22-21-38-2)28-11-7-4-8-12-28/h3-14,23,27H,15-22,24H2,1-2H3. The molecule has 3 aromatic rings. The SMILES string of the molecule is COCCOC1(c2ccccc2)CCN(CCC(CN(C)C(=O)c2ccccc2)c2ccc(Cl)c(Cl)c2)CC1. The number of halogens is 2. The molecule has 1 aliphatic heterocycles. The van der Waals surface area contributed by atoms with E-state index >= 15 is 0 Å². The van der Waals surface area contributed by atoms with E-state index in [1.807, 2.05) is 66.5 Å². The molecular formula is C32H38Cl2N2O3. The number of ether oxygens (including phenoxy) is 2. The summed E-state index contributed by atoms with van der Waals surface area (Å²) in [5.41, 5.74) is 2.72. The molecule has 1 fully saturated rings. The highest BCUT2D eigenvalue weighted by Crippen LogP contribution is 2.37. The molecule has 1 atom stereocenters. The Labute approximate surface area is 242 Å². The topological polar surface area (TPSA) is 42.0 Å². The summed E-state index contributed by atoms with van der Waals surface area (Å²) in [6.45, 7) is 4.55. The summed E-state index contributed by atoms with van der Waals surface area (Å²) >= 11 is 12.6. The smallest absolute Gasteiger partial charge is 0.253 e. The molecule has 1 heterocycles. The zero-order chi connectivity index (χ0) is 27.7. The molecule has 1 amide bonds. The van der Waals surface area contributed by atoms with Crippen LogP contribution in [0.4, 0.5) is 0 Å². The van der Waals surface area contributed by atoms with Crippen LogP contribution in [0.2, 0.25) is 10.0 Å². The second-order valence-electron chi connectivity index (χ2n) is 10.3. The van der Waals surface area contributed by atoms with Gasteiger partial charge in [0.1, 0.15) is 0 Å². The molecule has 4 rings (SSSR count). The summed E-state index contributed by atoms with van der Waals surface area (Å²) in [4.78, 5) is 17.4. The molecule has 7 heteroatoms. The van der Waals surface area contributed by atoms with E-state index in [1.165, 1.54) is 5.56 Å². The zero-order valence-corrected chi connectivity index (χ0v) is 24.3. The van der Waals surface area contributed by atoms with Crippen molar-refractivity contribution in [2.24, 2.45) is 0 Å². The number of benzene rings is 3. The molecule has 0 N–H and O–H groups in total. The number of methoxy groups -OCH3 is 1. The van der Waals surface area contributed by atoms with Gasteiger partial charge >= 0.3 is 0 Å². The van der Waals surface area contributed by atoms with Gasteiger partial charge in [0.15, 0.2) is 0 Å². The fourth-order valence-electron chi connectivity index (χ4n) is 5.40. The van der Waals surface area contributed by atoms with Gasteiger partial charge in [0, 0.05) is 45.3 Å². The van der Waals surface area contributed by atoms with Crippen LogP contribution >= 0.6 is 23.2 Å². The average molecular weight is 570 g/mol. The maximum absolute atomic E-state index is 13.1. The summed E-state index contributed by atoms with van der Waals surface area (Å²) in [7, 11) is 3.57. The maximum atomic E-state index is 13.1. The molecule has 1 saturated heterocycles. The van der Waals surface area contributed by atoms with Crippen LogP contribution in [0.1, 0.15) is 46.7 Å². The number of likely N-dealkylation sites (tertiary alicyclic amines) is 1. The second-order valence-corrected chi connectivity index (χ2v) is 11.1. The van der Waals surface area contributed by atoms with Crippen LogP contribution in [-0.2, 0) is 15.1 Å². The minimum absolute atomic E-state index is 0.0134. The first-order valence-electron chi connectivity index (χ1n) is 13.6. The van der Waals surface area contributed by atoms with E-state index < -0.39 is 0 Å². The van der Waals surface area contributed by atoms with Crippen LogP contribution in [0.5, 0.6) is 0 Å². The van der Waals surface area contributed by atoms with Crippen molar-refractivity contribution < 1.29 is 14.3 Å². The monoisotopic (exact) mass is 568 g/mol. The second kappa shape index (κ2) is 14.3. The summed E-state index contributed by atoms with van der Waals surface area (Å²) in [6, 6.07) is 25.8. The Bertz CT molecular complexity index is 1180. The maximum Gasteiger partial charge on any atom is 0.253 e. The van der Waals surface area contributed by atoms with E-state index in [2.05, 4.69) is 29.2 Å². The molecule has 0 spiro atoms. The van der Waals surface area contributed by atoms with Gasteiger partial charge in [-0.1, -0.05) is 77.8 Å². The lowest BCUT2D eigenvalue weighted by Crippen LogP contribution is -2.45. The first-order chi connectivity index (χ1) is 18.9. The quantitative estimate of drug-likeness (QED) is 0.223. The van der Waals surface area contributed by atoms with Gasteiger partial charge in [0.25, 0.3) is 5.91 Å². The van der Waals surface area contributed by atoms with Crippen molar-refractivity contribution in [1.82, 2.24) is 9.80 Å². The molecule has 0 radical (unpaired) electrons. The highest BCUT2D eigenvalue weighted by atomic mass is 35.5. The molecule has 0 aromatic heterocycles. The van der Waals surface area contributed by atoms with E-state index in [1.54, 1.807) is 7.11 Å². The summed E-state index contributed by atoms with van der Waals surface area (Å²) in [5.74, 6) is 0.135. The van der Waals surface area contributed by atoms with Crippen LogP contribution in [0.3, 0.4) is 0 Å². The fourth-order valence-corrected chi connectivity index (χ4v) is 5.71. The average Bonchev–Trinajstić information content (AvgIpc) is 2.98. The predicted octanol–water partition coefficient (Wildman–Crippen LogP) is 6.89. The van der Waals surface area contributed by atoms with Crippen LogP contribution in [0, 0.1) is 0 Å². The molecule has 0 saturated carbocycles. The van der Waals surface area contributed by atoms with E-state index in [-0.39, 0.29) is 17.4 Å². The number of carbonyl (C=O) groups is 1. The van der Waals surface area contributed by atoms with Gasteiger partial charge in [0.05, 0.1) is 28.9 Å². The van der Waals surface area contributed by atoms with E-state index in [0.29, 0.717) is 35.4 Å². The zero-order valence-electron chi connectivity index (χ0n) is 22.8. The highest BCUT2D eigenvalue weighted by molar-refractivity contribution is 6.42. The summed E-state index contributed by atoms with van der Waals surface area (Å²) in [6.07, 6.45) is 2.74. The van der Waals surface area contributed by atoms with Crippen LogP contribution < -0.4 is 0 Å². The molecule has 1 unspecified atom stereocenters. The van der Waals surface area contributed by atoms with Crippen LogP contribution in [0.15, 0.2) is 78.9 Å². The number of hydrogen-bond acceptors (Lipinski definition) is 4. The van der Waals surface area contributed by atoms with Crippen molar-refractivity contribution >= 4 is 29.1 Å². The van der Waals surface area contributed by atoms with Gasteiger partial charge in [-0.15, -0.1) is 0 Å². The number of rotatable bonds is 12.